The van der Waals surface area contributed by atoms with Gasteiger partial charge in [0.2, 0.25) is 10.0 Å². The molecule has 0 saturated carbocycles. The van der Waals surface area contributed by atoms with E-state index < -0.39 is 10.0 Å². The van der Waals surface area contributed by atoms with Crippen LogP contribution in [-0.4, -0.2) is 22.6 Å². The zero-order valence-corrected chi connectivity index (χ0v) is 17.8. The van der Waals surface area contributed by atoms with E-state index in [-0.39, 0.29) is 12.3 Å². The van der Waals surface area contributed by atoms with Gasteiger partial charge in [-0.25, -0.2) is 13.1 Å². The van der Waals surface area contributed by atoms with Crippen LogP contribution in [0.1, 0.15) is 16.7 Å². The molecule has 6 nitrogen and oxygen atoms in total. The van der Waals surface area contributed by atoms with Gasteiger partial charge in [-0.15, -0.1) is 0 Å². The molecule has 1 N–H and O–H groups in total. The Bertz CT molecular complexity index is 1050. The molecule has 0 aliphatic carbocycles. The van der Waals surface area contributed by atoms with Crippen molar-refractivity contribution in [1.29, 1.82) is 0 Å². The highest BCUT2D eigenvalue weighted by atomic mass is 32.2. The Kier molecular flexibility index (Phi) is 7.32. The van der Waals surface area contributed by atoms with Gasteiger partial charge in [0.25, 0.3) is 0 Å². The number of ether oxygens (including phenoxy) is 3. The van der Waals surface area contributed by atoms with Gasteiger partial charge in [0.1, 0.15) is 23.9 Å². The summed E-state index contributed by atoms with van der Waals surface area (Å²) in [7, 11) is -0.419. The molecule has 0 heterocycles. The van der Waals surface area contributed by atoms with Crippen molar-refractivity contribution in [2.75, 3.05) is 14.2 Å². The van der Waals surface area contributed by atoms with Crippen molar-refractivity contribution in [2.24, 2.45) is 0 Å². The van der Waals surface area contributed by atoms with E-state index in [2.05, 4.69) is 4.72 Å². The van der Waals surface area contributed by atoms with Crippen LogP contribution in [0.15, 0.2) is 72.8 Å². The first-order chi connectivity index (χ1) is 14.5. The minimum atomic E-state index is -3.52. The largest absolute Gasteiger partial charge is 0.497 e. The maximum Gasteiger partial charge on any atom is 0.216 e. The molecule has 0 bridgehead atoms. The molecule has 3 rings (SSSR count). The number of sulfonamides is 1. The van der Waals surface area contributed by atoms with E-state index in [0.717, 1.165) is 11.1 Å². The minimum absolute atomic E-state index is 0.121. The van der Waals surface area contributed by atoms with Crippen LogP contribution < -0.4 is 18.9 Å². The van der Waals surface area contributed by atoms with Crippen molar-refractivity contribution in [3.05, 3.63) is 89.5 Å². The molecule has 0 unspecified atom stereocenters. The van der Waals surface area contributed by atoms with E-state index in [0.29, 0.717) is 29.4 Å². The smallest absolute Gasteiger partial charge is 0.216 e. The van der Waals surface area contributed by atoms with Gasteiger partial charge in [-0.3, -0.25) is 0 Å². The molecule has 0 aromatic heterocycles. The normalized spacial score (nSPS) is 11.1. The molecule has 3 aromatic rings. The quantitative estimate of drug-likeness (QED) is 0.531. The maximum absolute atomic E-state index is 12.5. The second-order valence-corrected chi connectivity index (χ2v) is 8.48. The number of benzene rings is 3. The summed E-state index contributed by atoms with van der Waals surface area (Å²) in [6.07, 6.45) is 0. The molecule has 0 saturated heterocycles. The molecule has 7 heteroatoms. The van der Waals surface area contributed by atoms with Crippen molar-refractivity contribution in [1.82, 2.24) is 4.72 Å². The summed E-state index contributed by atoms with van der Waals surface area (Å²) < 4.78 is 43.8. The van der Waals surface area contributed by atoms with Gasteiger partial charge < -0.3 is 14.2 Å². The first-order valence-corrected chi connectivity index (χ1v) is 11.1. The van der Waals surface area contributed by atoms with Crippen LogP contribution in [0.25, 0.3) is 0 Å². The number of nitrogens with one attached hydrogen (secondary N) is 1. The first kappa shape index (κ1) is 21.7. The van der Waals surface area contributed by atoms with Gasteiger partial charge in [0.05, 0.1) is 20.0 Å². The fourth-order valence-corrected chi connectivity index (χ4v) is 3.99. The molecule has 30 heavy (non-hydrogen) atoms. The number of methoxy groups -OCH3 is 2. The summed E-state index contributed by atoms with van der Waals surface area (Å²) in [5.74, 6) is 1.78. The molecular formula is C23H25NO5S. The lowest BCUT2D eigenvalue weighted by Gasteiger charge is -2.12. The van der Waals surface area contributed by atoms with Crippen molar-refractivity contribution in [2.45, 2.75) is 18.9 Å². The zero-order valence-electron chi connectivity index (χ0n) is 17.0. The first-order valence-electron chi connectivity index (χ1n) is 9.43. The van der Waals surface area contributed by atoms with Crippen molar-refractivity contribution >= 4 is 10.0 Å². The second-order valence-electron chi connectivity index (χ2n) is 6.68. The van der Waals surface area contributed by atoms with E-state index in [1.807, 2.05) is 30.3 Å². The van der Waals surface area contributed by atoms with Crippen molar-refractivity contribution < 1.29 is 22.6 Å². The Morgan fingerprint density at radius 3 is 2.17 bits per heavy atom. The predicted molar refractivity (Wildman–Crippen MR) is 116 cm³/mol. The molecule has 0 aliphatic rings. The molecule has 0 radical (unpaired) electrons. The fraction of sp³-hybridized carbons (Fsp3) is 0.217. The Hall–Kier alpha value is -3.03. The van der Waals surface area contributed by atoms with Gasteiger partial charge in [0.15, 0.2) is 0 Å². The third-order valence-corrected chi connectivity index (χ3v) is 5.80. The Morgan fingerprint density at radius 2 is 1.50 bits per heavy atom. The zero-order chi connectivity index (χ0) is 21.4. The van der Waals surface area contributed by atoms with Crippen LogP contribution in [0.4, 0.5) is 0 Å². The molecule has 0 aliphatic heterocycles. The molecule has 158 valence electrons. The van der Waals surface area contributed by atoms with Crippen LogP contribution in [0.2, 0.25) is 0 Å². The highest BCUT2D eigenvalue weighted by Gasteiger charge is 2.14. The fourth-order valence-electron chi connectivity index (χ4n) is 2.88. The average molecular weight is 428 g/mol. The third-order valence-electron chi connectivity index (χ3n) is 4.51. The summed E-state index contributed by atoms with van der Waals surface area (Å²) in [4.78, 5) is 0. The second kappa shape index (κ2) is 10.1. The summed E-state index contributed by atoms with van der Waals surface area (Å²) in [6, 6.07) is 22.2. The lowest BCUT2D eigenvalue weighted by molar-refractivity contribution is 0.306. The van der Waals surface area contributed by atoms with Crippen LogP contribution >= 0.6 is 0 Å². The molecule has 0 spiro atoms. The Balaban J connectivity index is 1.56. The van der Waals surface area contributed by atoms with Crippen LogP contribution in [-0.2, 0) is 28.9 Å². The topological polar surface area (TPSA) is 73.9 Å². The predicted octanol–water partition coefficient (Wildman–Crippen LogP) is 3.90. The van der Waals surface area contributed by atoms with E-state index in [1.165, 1.54) is 7.11 Å². The van der Waals surface area contributed by atoms with Gasteiger partial charge in [-0.05, 0) is 29.3 Å². The van der Waals surface area contributed by atoms with Crippen molar-refractivity contribution in [3.63, 3.8) is 0 Å². The standard InChI is InChI=1S/C23H25NO5S/c1-27-22-13-10-20(23(14-22)28-2)15-24-30(25,26)17-19-8-11-21(12-9-19)29-16-18-6-4-3-5-7-18/h3-14,24H,15-17H2,1-2H3. The van der Waals surface area contributed by atoms with E-state index in [1.54, 1.807) is 49.6 Å². The van der Waals surface area contributed by atoms with Gasteiger partial charge in [0, 0.05) is 18.2 Å². The molecule has 3 aromatic carbocycles. The number of hydrogen-bond acceptors (Lipinski definition) is 5. The van der Waals surface area contributed by atoms with Crippen LogP contribution in [0, 0.1) is 0 Å². The van der Waals surface area contributed by atoms with Gasteiger partial charge in [-0.1, -0.05) is 48.5 Å². The van der Waals surface area contributed by atoms with Crippen molar-refractivity contribution in [3.8, 4) is 17.2 Å². The minimum Gasteiger partial charge on any atom is -0.497 e. The molecule has 0 atom stereocenters. The molecule has 0 fully saturated rings. The summed E-state index contributed by atoms with van der Waals surface area (Å²) >= 11 is 0. The SMILES string of the molecule is COc1ccc(CNS(=O)(=O)Cc2ccc(OCc3ccccc3)cc2)c(OC)c1. The molecular weight excluding hydrogens is 402 g/mol. The summed E-state index contributed by atoms with van der Waals surface area (Å²) in [5.41, 5.74) is 2.48. The summed E-state index contributed by atoms with van der Waals surface area (Å²) in [5, 5.41) is 0. The van der Waals surface area contributed by atoms with Crippen LogP contribution in [0.3, 0.4) is 0 Å². The third kappa shape index (κ3) is 6.23. The lowest BCUT2D eigenvalue weighted by Crippen LogP contribution is -2.25. The maximum atomic E-state index is 12.5. The average Bonchev–Trinajstić information content (AvgIpc) is 2.77. The summed E-state index contributed by atoms with van der Waals surface area (Å²) in [6.45, 7) is 0.595. The highest BCUT2D eigenvalue weighted by molar-refractivity contribution is 7.88. The Morgan fingerprint density at radius 1 is 0.800 bits per heavy atom. The Labute approximate surface area is 177 Å². The van der Waals surface area contributed by atoms with Gasteiger partial charge >= 0.3 is 0 Å². The van der Waals surface area contributed by atoms with E-state index >= 15 is 0 Å². The van der Waals surface area contributed by atoms with Gasteiger partial charge in [-0.2, -0.15) is 0 Å². The lowest BCUT2D eigenvalue weighted by atomic mass is 10.2. The highest BCUT2D eigenvalue weighted by Crippen LogP contribution is 2.24. The molecule has 0 amide bonds. The monoisotopic (exact) mass is 427 g/mol. The number of hydrogen-bond donors (Lipinski definition) is 1. The van der Waals surface area contributed by atoms with E-state index in [9.17, 15) is 8.42 Å². The number of rotatable bonds is 10. The van der Waals surface area contributed by atoms with Crippen LogP contribution in [0.5, 0.6) is 17.2 Å². The van der Waals surface area contributed by atoms with E-state index in [4.69, 9.17) is 14.2 Å².